The minimum Gasteiger partial charge on any atom is -0.338 e. The molecule has 1 fully saturated rings. The molecule has 1 aliphatic rings. The fourth-order valence-corrected chi connectivity index (χ4v) is 4.65. The van der Waals surface area contributed by atoms with E-state index in [1.54, 1.807) is 23.4 Å². The summed E-state index contributed by atoms with van der Waals surface area (Å²) in [5, 5.41) is 0.552. The van der Waals surface area contributed by atoms with E-state index in [1.165, 1.54) is 11.8 Å². The molecule has 110 valence electrons. The number of rotatable bonds is 5. The second-order valence-corrected chi connectivity index (χ2v) is 7.73. The van der Waals surface area contributed by atoms with Crippen LogP contribution in [0.1, 0.15) is 13.3 Å². The van der Waals surface area contributed by atoms with E-state index >= 15 is 0 Å². The Morgan fingerprint density at radius 1 is 1.45 bits per heavy atom. The van der Waals surface area contributed by atoms with Gasteiger partial charge in [0.05, 0.1) is 17.3 Å². The van der Waals surface area contributed by atoms with Crippen molar-refractivity contribution in [2.45, 2.75) is 24.5 Å². The zero-order valence-corrected chi connectivity index (χ0v) is 12.9. The number of nitrogens with zero attached hydrogens (tertiary/aromatic N) is 3. The second-order valence-electron chi connectivity index (χ2n) is 4.56. The van der Waals surface area contributed by atoms with E-state index in [1.807, 2.05) is 6.92 Å². The molecule has 1 amide bonds. The van der Waals surface area contributed by atoms with E-state index in [9.17, 15) is 13.2 Å². The van der Waals surface area contributed by atoms with Crippen LogP contribution < -0.4 is 0 Å². The van der Waals surface area contributed by atoms with Crippen LogP contribution >= 0.6 is 11.8 Å². The largest absolute Gasteiger partial charge is 0.338 e. The normalized spacial score (nSPS) is 20.8. The standard InChI is InChI=1S/C12H17N3O3S2/c1-2-15(10-4-7-20(17,18)9-10)11(16)8-19-12-13-5-3-6-14-12/h3,5-6,10H,2,4,7-9H2,1H3. The molecule has 1 saturated heterocycles. The molecule has 1 aliphatic heterocycles. The van der Waals surface area contributed by atoms with E-state index in [0.717, 1.165) is 0 Å². The summed E-state index contributed by atoms with van der Waals surface area (Å²) in [7, 11) is -2.98. The topological polar surface area (TPSA) is 80.2 Å². The van der Waals surface area contributed by atoms with Crippen molar-refractivity contribution in [2.75, 3.05) is 23.8 Å². The van der Waals surface area contributed by atoms with E-state index in [4.69, 9.17) is 0 Å². The van der Waals surface area contributed by atoms with E-state index in [2.05, 4.69) is 9.97 Å². The minimum atomic E-state index is -2.98. The number of sulfone groups is 1. The third kappa shape index (κ3) is 3.92. The fraction of sp³-hybridized carbons (Fsp3) is 0.583. The number of aromatic nitrogens is 2. The van der Waals surface area contributed by atoms with Gasteiger partial charge in [-0.15, -0.1) is 0 Å². The summed E-state index contributed by atoms with van der Waals surface area (Å²) in [5.41, 5.74) is 0. The molecule has 1 aromatic heterocycles. The summed E-state index contributed by atoms with van der Waals surface area (Å²) < 4.78 is 23.0. The lowest BCUT2D eigenvalue weighted by Crippen LogP contribution is -2.41. The van der Waals surface area contributed by atoms with Gasteiger partial charge >= 0.3 is 0 Å². The highest BCUT2D eigenvalue weighted by atomic mass is 32.2. The van der Waals surface area contributed by atoms with Crippen LogP contribution in [0, 0.1) is 0 Å². The molecule has 2 heterocycles. The third-order valence-corrected chi connectivity index (χ3v) is 5.79. The Morgan fingerprint density at radius 3 is 2.70 bits per heavy atom. The molecule has 1 atom stereocenters. The van der Waals surface area contributed by atoms with Gasteiger partial charge in [-0.05, 0) is 19.4 Å². The Hall–Kier alpha value is -1.15. The summed E-state index contributed by atoms with van der Waals surface area (Å²) in [6, 6.07) is 1.53. The Bertz CT molecular complexity index is 563. The van der Waals surface area contributed by atoms with E-state index < -0.39 is 9.84 Å². The van der Waals surface area contributed by atoms with Crippen LogP contribution in [0.4, 0.5) is 0 Å². The number of hydrogen-bond acceptors (Lipinski definition) is 6. The quantitative estimate of drug-likeness (QED) is 0.585. The van der Waals surface area contributed by atoms with Gasteiger partial charge in [-0.1, -0.05) is 11.8 Å². The smallest absolute Gasteiger partial charge is 0.233 e. The van der Waals surface area contributed by atoms with Crippen molar-refractivity contribution >= 4 is 27.5 Å². The molecular formula is C12H17N3O3S2. The lowest BCUT2D eigenvalue weighted by Gasteiger charge is -2.26. The zero-order chi connectivity index (χ0) is 14.6. The van der Waals surface area contributed by atoms with Crippen molar-refractivity contribution in [1.82, 2.24) is 14.9 Å². The average molecular weight is 315 g/mol. The SMILES string of the molecule is CCN(C(=O)CSc1ncccn1)C1CCS(=O)(=O)C1. The number of thioether (sulfide) groups is 1. The van der Waals surface area contributed by atoms with Crippen LogP contribution in [0.5, 0.6) is 0 Å². The highest BCUT2D eigenvalue weighted by molar-refractivity contribution is 7.99. The molecule has 1 unspecified atom stereocenters. The van der Waals surface area contributed by atoms with E-state index in [0.29, 0.717) is 18.1 Å². The first kappa shape index (κ1) is 15.2. The van der Waals surface area contributed by atoms with Gasteiger partial charge in [0.15, 0.2) is 15.0 Å². The maximum Gasteiger partial charge on any atom is 0.233 e. The molecule has 1 aromatic rings. The van der Waals surface area contributed by atoms with Gasteiger partial charge in [0, 0.05) is 25.0 Å². The summed E-state index contributed by atoms with van der Waals surface area (Å²) in [6.45, 7) is 2.39. The van der Waals surface area contributed by atoms with Crippen molar-refractivity contribution in [3.05, 3.63) is 18.5 Å². The fourth-order valence-electron chi connectivity index (χ4n) is 2.23. The first-order valence-electron chi connectivity index (χ1n) is 6.41. The minimum absolute atomic E-state index is 0.0629. The molecule has 0 N–H and O–H groups in total. The van der Waals surface area contributed by atoms with Crippen LogP contribution in [-0.2, 0) is 14.6 Å². The maximum atomic E-state index is 12.2. The van der Waals surface area contributed by atoms with Crippen molar-refractivity contribution < 1.29 is 13.2 Å². The van der Waals surface area contributed by atoms with Gasteiger partial charge in [0.25, 0.3) is 0 Å². The molecule has 0 aromatic carbocycles. The summed E-state index contributed by atoms with van der Waals surface area (Å²) in [5.74, 6) is 0.427. The van der Waals surface area contributed by atoms with Crippen molar-refractivity contribution in [3.8, 4) is 0 Å². The first-order valence-corrected chi connectivity index (χ1v) is 9.22. The molecule has 20 heavy (non-hydrogen) atoms. The molecule has 2 rings (SSSR count). The first-order chi connectivity index (χ1) is 9.52. The molecule has 0 aliphatic carbocycles. The maximum absolute atomic E-state index is 12.2. The van der Waals surface area contributed by atoms with Crippen LogP contribution in [0.3, 0.4) is 0 Å². The predicted molar refractivity (Wildman–Crippen MR) is 77.2 cm³/mol. The Labute approximate surface area is 122 Å². The Kier molecular flexibility index (Phi) is 4.98. The molecule has 8 heteroatoms. The Morgan fingerprint density at radius 2 is 2.15 bits per heavy atom. The second kappa shape index (κ2) is 6.53. The highest BCUT2D eigenvalue weighted by Gasteiger charge is 2.33. The number of hydrogen-bond donors (Lipinski definition) is 0. The van der Waals surface area contributed by atoms with Crippen molar-refractivity contribution in [2.24, 2.45) is 0 Å². The molecule has 0 bridgehead atoms. The van der Waals surface area contributed by atoms with Gasteiger partial charge in [-0.3, -0.25) is 4.79 Å². The number of amides is 1. The van der Waals surface area contributed by atoms with Crippen LogP contribution in [0.15, 0.2) is 23.6 Å². The predicted octanol–water partition coefficient (Wildman–Crippen LogP) is 0.604. The van der Waals surface area contributed by atoms with Crippen LogP contribution in [0.2, 0.25) is 0 Å². The highest BCUT2D eigenvalue weighted by Crippen LogP contribution is 2.20. The molecule has 0 saturated carbocycles. The molecule has 6 nitrogen and oxygen atoms in total. The van der Waals surface area contributed by atoms with Crippen molar-refractivity contribution in [3.63, 3.8) is 0 Å². The van der Waals surface area contributed by atoms with Crippen LogP contribution in [-0.4, -0.2) is 59.0 Å². The van der Waals surface area contributed by atoms with Gasteiger partial charge < -0.3 is 4.90 Å². The monoisotopic (exact) mass is 315 g/mol. The van der Waals surface area contributed by atoms with Crippen LogP contribution in [0.25, 0.3) is 0 Å². The summed E-state index contributed by atoms with van der Waals surface area (Å²) >= 11 is 1.27. The Balaban J connectivity index is 1.93. The molecular weight excluding hydrogens is 298 g/mol. The average Bonchev–Trinajstić information content (AvgIpc) is 2.78. The third-order valence-electron chi connectivity index (χ3n) is 3.18. The molecule has 0 radical (unpaired) electrons. The lowest BCUT2D eigenvalue weighted by atomic mass is 10.2. The van der Waals surface area contributed by atoms with Crippen molar-refractivity contribution in [1.29, 1.82) is 0 Å². The van der Waals surface area contributed by atoms with Gasteiger partial charge in [0.1, 0.15) is 0 Å². The number of carbonyl (C=O) groups excluding carboxylic acids is 1. The molecule has 0 spiro atoms. The lowest BCUT2D eigenvalue weighted by molar-refractivity contribution is -0.129. The number of carbonyl (C=O) groups is 1. The summed E-state index contributed by atoms with van der Waals surface area (Å²) in [4.78, 5) is 21.9. The van der Waals surface area contributed by atoms with E-state index in [-0.39, 0.29) is 29.2 Å². The zero-order valence-electron chi connectivity index (χ0n) is 11.2. The van der Waals surface area contributed by atoms with Gasteiger partial charge in [-0.2, -0.15) is 0 Å². The van der Waals surface area contributed by atoms with Gasteiger partial charge in [0.2, 0.25) is 5.91 Å². The summed E-state index contributed by atoms with van der Waals surface area (Å²) in [6.07, 6.45) is 3.79. The van der Waals surface area contributed by atoms with Gasteiger partial charge in [-0.25, -0.2) is 18.4 Å².